The highest BCUT2D eigenvalue weighted by atomic mass is 32.1. The Morgan fingerprint density at radius 3 is 2.37 bits per heavy atom. The average molecular weight is 388 g/mol. The van der Waals surface area contributed by atoms with Crippen LogP contribution < -0.4 is 10.6 Å². The molecule has 0 aliphatic heterocycles. The van der Waals surface area contributed by atoms with Gasteiger partial charge in [0.2, 0.25) is 11.8 Å². The van der Waals surface area contributed by atoms with Crippen LogP contribution >= 0.6 is 11.3 Å². The summed E-state index contributed by atoms with van der Waals surface area (Å²) >= 11 is 1.66. The van der Waals surface area contributed by atoms with Crippen molar-refractivity contribution in [2.45, 2.75) is 32.2 Å². The van der Waals surface area contributed by atoms with Crippen LogP contribution in [0.15, 0.2) is 41.8 Å². The van der Waals surface area contributed by atoms with Gasteiger partial charge in [-0.3, -0.25) is 14.9 Å². The summed E-state index contributed by atoms with van der Waals surface area (Å²) in [5, 5.41) is 7.93. The molecule has 2 aromatic rings. The normalized spacial score (nSPS) is 13.0. The lowest BCUT2D eigenvalue weighted by atomic mass is 9.95. The lowest BCUT2D eigenvalue weighted by Crippen LogP contribution is -2.42. The summed E-state index contributed by atoms with van der Waals surface area (Å²) in [6.45, 7) is 4.65. The van der Waals surface area contributed by atoms with Gasteiger partial charge in [-0.05, 0) is 34.9 Å². The van der Waals surface area contributed by atoms with Gasteiger partial charge in [0.05, 0.1) is 19.1 Å². The van der Waals surface area contributed by atoms with E-state index in [0.717, 1.165) is 16.9 Å². The largest absolute Gasteiger partial charge is 0.358 e. The molecule has 0 bridgehead atoms. The molecule has 27 heavy (non-hydrogen) atoms. The first-order valence-corrected chi connectivity index (χ1v) is 10.1. The number of benzene rings is 1. The van der Waals surface area contributed by atoms with Crippen molar-refractivity contribution < 1.29 is 9.59 Å². The van der Waals surface area contributed by atoms with Gasteiger partial charge in [0.15, 0.2) is 0 Å². The van der Waals surface area contributed by atoms with Crippen molar-refractivity contribution in [1.82, 2.24) is 15.5 Å². The molecular formula is C21H29N3O2S. The molecule has 0 saturated heterocycles. The molecule has 0 spiro atoms. The van der Waals surface area contributed by atoms with Gasteiger partial charge < -0.3 is 10.2 Å². The summed E-state index contributed by atoms with van der Waals surface area (Å²) in [5.74, 6) is 0.241. The molecule has 6 heteroatoms. The third-order valence-corrected chi connectivity index (χ3v) is 5.76. The van der Waals surface area contributed by atoms with Gasteiger partial charge in [-0.15, -0.1) is 11.3 Å². The van der Waals surface area contributed by atoms with Crippen molar-refractivity contribution in [2.24, 2.45) is 0 Å². The van der Waals surface area contributed by atoms with E-state index in [2.05, 4.69) is 54.8 Å². The summed E-state index contributed by atoms with van der Waals surface area (Å²) < 4.78 is 0. The van der Waals surface area contributed by atoms with Crippen LogP contribution in [0.4, 0.5) is 0 Å². The maximum atomic E-state index is 12.4. The standard InChI is InChI=1S/C21H29N3O2S/c1-5-15(2)16-8-10-17(11-9-16)21(18-7-6-12-27-18)23-13-20(26)24(4)14-19(25)22-3/h6-12,15,21,23H,5,13-14H2,1-4H3,(H,22,25)/t15-,21+/m1/s1. The molecule has 0 fully saturated rings. The Kier molecular flexibility index (Phi) is 8.00. The van der Waals surface area contributed by atoms with Gasteiger partial charge >= 0.3 is 0 Å². The molecule has 1 heterocycles. The number of hydrogen-bond donors (Lipinski definition) is 2. The summed E-state index contributed by atoms with van der Waals surface area (Å²) in [6.07, 6.45) is 1.11. The number of hydrogen-bond acceptors (Lipinski definition) is 4. The molecule has 1 aromatic heterocycles. The highest BCUT2D eigenvalue weighted by Crippen LogP contribution is 2.28. The van der Waals surface area contributed by atoms with E-state index in [1.807, 2.05) is 11.4 Å². The lowest BCUT2D eigenvalue weighted by molar-refractivity contribution is -0.133. The van der Waals surface area contributed by atoms with Gasteiger partial charge in [-0.25, -0.2) is 0 Å². The van der Waals surface area contributed by atoms with Crippen LogP contribution in [0, 0.1) is 0 Å². The number of thiophene rings is 1. The van der Waals surface area contributed by atoms with E-state index in [4.69, 9.17) is 0 Å². The predicted octanol–water partition coefficient (Wildman–Crippen LogP) is 3.15. The van der Waals surface area contributed by atoms with Crippen LogP contribution in [0.5, 0.6) is 0 Å². The zero-order valence-electron chi connectivity index (χ0n) is 16.5. The lowest BCUT2D eigenvalue weighted by Gasteiger charge is -2.21. The van der Waals surface area contributed by atoms with Crippen molar-refractivity contribution in [2.75, 3.05) is 27.2 Å². The molecule has 0 radical (unpaired) electrons. The van der Waals surface area contributed by atoms with Crippen molar-refractivity contribution in [3.8, 4) is 0 Å². The van der Waals surface area contributed by atoms with Gasteiger partial charge in [0.1, 0.15) is 0 Å². The van der Waals surface area contributed by atoms with E-state index in [9.17, 15) is 9.59 Å². The predicted molar refractivity (Wildman–Crippen MR) is 111 cm³/mol. The Labute approximate surface area is 165 Å². The highest BCUT2D eigenvalue weighted by Gasteiger charge is 2.18. The first kappa shape index (κ1) is 21.1. The molecule has 0 aliphatic carbocycles. The van der Waals surface area contributed by atoms with Gasteiger partial charge in [-0.2, -0.15) is 0 Å². The van der Waals surface area contributed by atoms with E-state index in [0.29, 0.717) is 5.92 Å². The number of amides is 2. The minimum absolute atomic E-state index is 0.0478. The maximum absolute atomic E-state index is 12.4. The second-order valence-corrected chi connectivity index (χ2v) is 7.71. The first-order chi connectivity index (χ1) is 13.0. The van der Waals surface area contributed by atoms with E-state index in [-0.39, 0.29) is 30.9 Å². The molecule has 2 atom stereocenters. The summed E-state index contributed by atoms with van der Waals surface area (Å²) in [6, 6.07) is 12.7. The molecule has 0 saturated carbocycles. The Balaban J connectivity index is 2.10. The van der Waals surface area contributed by atoms with Crippen LogP contribution in [0.25, 0.3) is 0 Å². The summed E-state index contributed by atoms with van der Waals surface area (Å²) in [7, 11) is 3.20. The van der Waals surface area contributed by atoms with Crippen molar-refractivity contribution >= 4 is 23.2 Å². The third kappa shape index (κ3) is 5.91. The van der Waals surface area contributed by atoms with Crippen LogP contribution in [0.2, 0.25) is 0 Å². The van der Waals surface area contributed by atoms with Crippen LogP contribution in [-0.2, 0) is 9.59 Å². The van der Waals surface area contributed by atoms with Crippen LogP contribution in [0.1, 0.15) is 48.2 Å². The van der Waals surface area contributed by atoms with Gasteiger partial charge in [-0.1, -0.05) is 44.2 Å². The molecule has 0 aliphatic rings. The van der Waals surface area contributed by atoms with E-state index < -0.39 is 0 Å². The Morgan fingerprint density at radius 2 is 1.81 bits per heavy atom. The number of carbonyl (C=O) groups excluding carboxylic acids is 2. The van der Waals surface area contributed by atoms with E-state index in [1.165, 1.54) is 10.5 Å². The van der Waals surface area contributed by atoms with Crippen LogP contribution in [0.3, 0.4) is 0 Å². The number of carbonyl (C=O) groups is 2. The van der Waals surface area contributed by atoms with Gasteiger partial charge in [0.25, 0.3) is 0 Å². The fourth-order valence-corrected chi connectivity index (χ4v) is 3.62. The summed E-state index contributed by atoms with van der Waals surface area (Å²) in [5.41, 5.74) is 2.46. The highest BCUT2D eigenvalue weighted by molar-refractivity contribution is 7.10. The molecule has 146 valence electrons. The topological polar surface area (TPSA) is 61.4 Å². The summed E-state index contributed by atoms with van der Waals surface area (Å²) in [4.78, 5) is 26.4. The zero-order chi connectivity index (χ0) is 19.8. The Bertz CT molecular complexity index is 728. The van der Waals surface area contributed by atoms with E-state index >= 15 is 0 Å². The van der Waals surface area contributed by atoms with Crippen molar-refractivity contribution in [1.29, 1.82) is 0 Å². The smallest absolute Gasteiger partial charge is 0.239 e. The fourth-order valence-electron chi connectivity index (χ4n) is 2.80. The molecule has 0 unspecified atom stereocenters. The Hall–Kier alpha value is -2.18. The van der Waals surface area contributed by atoms with Gasteiger partial charge in [0, 0.05) is 19.0 Å². The number of nitrogens with zero attached hydrogens (tertiary/aromatic N) is 1. The molecule has 5 nitrogen and oxygen atoms in total. The zero-order valence-corrected chi connectivity index (χ0v) is 17.3. The van der Waals surface area contributed by atoms with E-state index in [1.54, 1.807) is 25.4 Å². The number of nitrogens with one attached hydrogen (secondary N) is 2. The Morgan fingerprint density at radius 1 is 1.15 bits per heavy atom. The molecule has 2 N–H and O–H groups in total. The minimum atomic E-state index is -0.179. The molecule has 2 rings (SSSR count). The quantitative estimate of drug-likeness (QED) is 0.695. The fraction of sp³-hybridized carbons (Fsp3) is 0.429. The first-order valence-electron chi connectivity index (χ1n) is 9.27. The number of rotatable bonds is 9. The minimum Gasteiger partial charge on any atom is -0.358 e. The second kappa shape index (κ2) is 10.2. The SMILES string of the molecule is CC[C@@H](C)c1ccc([C@H](NCC(=O)N(C)CC(=O)NC)c2cccs2)cc1. The third-order valence-electron chi connectivity index (χ3n) is 4.82. The maximum Gasteiger partial charge on any atom is 0.239 e. The molecule has 1 aromatic carbocycles. The average Bonchev–Trinajstić information content (AvgIpc) is 3.22. The monoisotopic (exact) mass is 387 g/mol. The van der Waals surface area contributed by atoms with Crippen molar-refractivity contribution in [3.63, 3.8) is 0 Å². The second-order valence-electron chi connectivity index (χ2n) is 6.73. The molecule has 2 amide bonds. The molecular weight excluding hydrogens is 358 g/mol. The van der Waals surface area contributed by atoms with Crippen molar-refractivity contribution in [3.05, 3.63) is 57.8 Å². The van der Waals surface area contributed by atoms with Crippen LogP contribution in [-0.4, -0.2) is 43.9 Å². The number of likely N-dealkylation sites (N-methyl/N-ethyl adjacent to an activating group) is 2.